The van der Waals surface area contributed by atoms with Crippen LogP contribution in [0.15, 0.2) is 42.5 Å². The fourth-order valence-corrected chi connectivity index (χ4v) is 2.68. The van der Waals surface area contributed by atoms with E-state index in [9.17, 15) is 26.8 Å². The Hall–Kier alpha value is -2.81. The molecule has 0 bridgehead atoms. The van der Waals surface area contributed by atoms with Crippen molar-refractivity contribution >= 4 is 27.5 Å². The SMILES string of the molecule is C[C@H](OC(=O)c1c(F)cccc1F)C(=O)c1ccc(NS(C)(=O)=O)cc1. The van der Waals surface area contributed by atoms with E-state index in [1.807, 2.05) is 0 Å². The molecule has 138 valence electrons. The maximum atomic E-state index is 13.6. The molecule has 1 atom stereocenters. The minimum atomic E-state index is -3.46. The predicted molar refractivity (Wildman–Crippen MR) is 90.5 cm³/mol. The first kappa shape index (κ1) is 19.5. The van der Waals surface area contributed by atoms with E-state index >= 15 is 0 Å². The highest BCUT2D eigenvalue weighted by Crippen LogP contribution is 2.17. The van der Waals surface area contributed by atoms with Gasteiger partial charge in [0.2, 0.25) is 15.8 Å². The van der Waals surface area contributed by atoms with Crippen LogP contribution in [0.3, 0.4) is 0 Å². The van der Waals surface area contributed by atoms with Crippen molar-refractivity contribution in [1.29, 1.82) is 0 Å². The fourth-order valence-electron chi connectivity index (χ4n) is 2.12. The summed E-state index contributed by atoms with van der Waals surface area (Å²) in [6.07, 6.45) is -0.315. The smallest absolute Gasteiger partial charge is 0.344 e. The summed E-state index contributed by atoms with van der Waals surface area (Å²) in [6, 6.07) is 8.30. The van der Waals surface area contributed by atoms with E-state index in [1.54, 1.807) is 0 Å². The number of Topliss-reactive ketones (excluding diaryl/α,β-unsaturated/α-hetero) is 1. The molecular weight excluding hydrogens is 368 g/mol. The molecular formula is C17H15F2NO5S. The number of halogens is 2. The maximum Gasteiger partial charge on any atom is 0.344 e. The molecule has 6 nitrogen and oxygen atoms in total. The third-order valence-electron chi connectivity index (χ3n) is 3.29. The number of carbonyl (C=O) groups is 2. The molecule has 2 aromatic carbocycles. The zero-order chi connectivity index (χ0) is 19.5. The molecule has 0 aliphatic rings. The molecule has 0 saturated heterocycles. The van der Waals surface area contributed by atoms with Gasteiger partial charge in [-0.05, 0) is 43.3 Å². The van der Waals surface area contributed by atoms with Crippen molar-refractivity contribution in [2.75, 3.05) is 11.0 Å². The van der Waals surface area contributed by atoms with Crippen LogP contribution in [0.25, 0.3) is 0 Å². The van der Waals surface area contributed by atoms with E-state index in [4.69, 9.17) is 4.74 Å². The third-order valence-corrected chi connectivity index (χ3v) is 3.90. The van der Waals surface area contributed by atoms with Gasteiger partial charge in [-0.1, -0.05) is 6.07 Å². The van der Waals surface area contributed by atoms with Crippen molar-refractivity contribution in [2.24, 2.45) is 0 Å². The van der Waals surface area contributed by atoms with Gasteiger partial charge in [-0.2, -0.15) is 0 Å². The number of hydrogen-bond donors (Lipinski definition) is 1. The molecule has 0 saturated carbocycles. The van der Waals surface area contributed by atoms with E-state index in [0.717, 1.165) is 24.5 Å². The van der Waals surface area contributed by atoms with E-state index in [0.29, 0.717) is 0 Å². The highest BCUT2D eigenvalue weighted by molar-refractivity contribution is 7.92. The second kappa shape index (κ2) is 7.61. The standard InChI is InChI=1S/C17H15F2NO5S/c1-10(25-17(22)15-13(18)4-3-5-14(15)19)16(21)11-6-8-12(9-7-11)20-26(2,23)24/h3-10,20H,1-2H3/t10-/m0/s1. The van der Waals surface area contributed by atoms with Crippen LogP contribution >= 0.6 is 0 Å². The monoisotopic (exact) mass is 383 g/mol. The van der Waals surface area contributed by atoms with Crippen LogP contribution in [-0.4, -0.2) is 32.5 Å². The lowest BCUT2D eigenvalue weighted by atomic mass is 10.1. The number of nitrogens with one attached hydrogen (secondary N) is 1. The summed E-state index contributed by atoms with van der Waals surface area (Å²) in [5.74, 6) is -4.09. The second-order valence-electron chi connectivity index (χ2n) is 5.46. The topological polar surface area (TPSA) is 89.5 Å². The zero-order valence-corrected chi connectivity index (χ0v) is 14.6. The lowest BCUT2D eigenvalue weighted by Gasteiger charge is -2.13. The molecule has 0 fully saturated rings. The van der Waals surface area contributed by atoms with Crippen LogP contribution in [-0.2, 0) is 14.8 Å². The van der Waals surface area contributed by atoms with Crippen LogP contribution in [0.4, 0.5) is 14.5 Å². The third kappa shape index (κ3) is 4.85. The van der Waals surface area contributed by atoms with Crippen LogP contribution in [0.1, 0.15) is 27.6 Å². The molecule has 0 amide bonds. The zero-order valence-electron chi connectivity index (χ0n) is 13.8. The van der Waals surface area contributed by atoms with Crippen LogP contribution < -0.4 is 4.72 Å². The minimum absolute atomic E-state index is 0.137. The summed E-state index contributed by atoms with van der Waals surface area (Å²) in [5, 5.41) is 0. The molecule has 2 aromatic rings. The summed E-state index contributed by atoms with van der Waals surface area (Å²) < 4.78 is 56.5. The Morgan fingerprint density at radius 1 is 1.04 bits per heavy atom. The van der Waals surface area contributed by atoms with Gasteiger partial charge >= 0.3 is 5.97 Å². The number of hydrogen-bond acceptors (Lipinski definition) is 5. The van der Waals surface area contributed by atoms with Crippen molar-refractivity contribution in [1.82, 2.24) is 0 Å². The molecule has 0 aliphatic heterocycles. The first-order valence-corrected chi connectivity index (χ1v) is 9.24. The summed E-state index contributed by atoms with van der Waals surface area (Å²) in [6.45, 7) is 1.27. The van der Waals surface area contributed by atoms with Gasteiger partial charge < -0.3 is 4.74 Å². The van der Waals surface area contributed by atoms with Gasteiger partial charge in [-0.15, -0.1) is 0 Å². The summed E-state index contributed by atoms with van der Waals surface area (Å²) in [7, 11) is -3.46. The van der Waals surface area contributed by atoms with Crippen LogP contribution in [0.2, 0.25) is 0 Å². The van der Waals surface area contributed by atoms with Crippen molar-refractivity contribution < 1.29 is 31.5 Å². The number of esters is 1. The molecule has 26 heavy (non-hydrogen) atoms. The molecule has 0 heterocycles. The molecule has 2 rings (SSSR count). The van der Waals surface area contributed by atoms with Gasteiger partial charge in [0.05, 0.1) is 6.26 Å². The molecule has 0 aliphatic carbocycles. The number of ether oxygens (including phenoxy) is 1. The normalized spacial score (nSPS) is 12.3. The molecule has 0 unspecified atom stereocenters. The Morgan fingerprint density at radius 3 is 2.08 bits per heavy atom. The summed E-state index contributed by atoms with van der Waals surface area (Å²) in [4.78, 5) is 24.2. The van der Waals surface area contributed by atoms with Crippen molar-refractivity contribution in [2.45, 2.75) is 13.0 Å². The second-order valence-corrected chi connectivity index (χ2v) is 7.21. The highest BCUT2D eigenvalue weighted by atomic mass is 32.2. The largest absolute Gasteiger partial charge is 0.451 e. The number of anilines is 1. The van der Waals surface area contributed by atoms with Crippen molar-refractivity contribution in [3.05, 3.63) is 65.2 Å². The number of carbonyl (C=O) groups excluding carboxylic acids is 2. The molecule has 0 aromatic heterocycles. The Balaban J connectivity index is 2.11. The molecule has 9 heteroatoms. The van der Waals surface area contributed by atoms with E-state index < -0.39 is 45.1 Å². The first-order chi connectivity index (χ1) is 12.1. The quantitative estimate of drug-likeness (QED) is 0.612. The lowest BCUT2D eigenvalue weighted by Crippen LogP contribution is -2.25. The maximum absolute atomic E-state index is 13.6. The Morgan fingerprint density at radius 2 is 1.58 bits per heavy atom. The number of benzene rings is 2. The van der Waals surface area contributed by atoms with Gasteiger partial charge in [0.1, 0.15) is 17.2 Å². The number of ketones is 1. The van der Waals surface area contributed by atoms with Gasteiger partial charge in [0, 0.05) is 11.3 Å². The average molecular weight is 383 g/mol. The van der Waals surface area contributed by atoms with Crippen molar-refractivity contribution in [3.63, 3.8) is 0 Å². The average Bonchev–Trinajstić information content (AvgIpc) is 2.53. The van der Waals surface area contributed by atoms with Gasteiger partial charge in [0.25, 0.3) is 0 Å². The van der Waals surface area contributed by atoms with Crippen molar-refractivity contribution in [3.8, 4) is 0 Å². The van der Waals surface area contributed by atoms with E-state index in [2.05, 4.69) is 4.72 Å². The van der Waals surface area contributed by atoms with Crippen LogP contribution in [0.5, 0.6) is 0 Å². The highest BCUT2D eigenvalue weighted by Gasteiger charge is 2.24. The van der Waals surface area contributed by atoms with Crippen LogP contribution in [0, 0.1) is 11.6 Å². The number of rotatable bonds is 6. The fraction of sp³-hybridized carbons (Fsp3) is 0.176. The Kier molecular flexibility index (Phi) is 5.71. The predicted octanol–water partition coefficient (Wildman–Crippen LogP) is 2.76. The van der Waals surface area contributed by atoms with E-state index in [1.165, 1.54) is 31.2 Å². The Labute approximate surface area is 148 Å². The summed E-state index contributed by atoms with van der Waals surface area (Å²) >= 11 is 0. The van der Waals surface area contributed by atoms with Gasteiger partial charge in [-0.3, -0.25) is 9.52 Å². The first-order valence-electron chi connectivity index (χ1n) is 7.35. The molecule has 1 N–H and O–H groups in total. The van der Waals surface area contributed by atoms with E-state index in [-0.39, 0.29) is 11.3 Å². The van der Waals surface area contributed by atoms with Gasteiger partial charge in [-0.25, -0.2) is 22.0 Å². The number of sulfonamides is 1. The molecule has 0 spiro atoms. The minimum Gasteiger partial charge on any atom is -0.451 e. The Bertz CT molecular complexity index is 922. The van der Waals surface area contributed by atoms with Gasteiger partial charge in [0.15, 0.2) is 6.10 Å². The summed E-state index contributed by atoms with van der Waals surface area (Å²) in [5.41, 5.74) is -0.486. The molecule has 0 radical (unpaired) electrons. The lowest BCUT2D eigenvalue weighted by molar-refractivity contribution is 0.0309.